The van der Waals surface area contributed by atoms with Crippen LogP contribution in [0.15, 0.2) is 12.2 Å². The highest BCUT2D eigenvalue weighted by atomic mass is 16.6. The maximum absolute atomic E-state index is 12.9. The molecule has 0 bridgehead atoms. The number of carbonyl (C=O) groups is 3. The van der Waals surface area contributed by atoms with Gasteiger partial charge in [0.25, 0.3) is 0 Å². The van der Waals surface area contributed by atoms with Gasteiger partial charge in [0.15, 0.2) is 6.10 Å². The van der Waals surface area contributed by atoms with E-state index < -0.39 is 6.10 Å². The molecule has 0 spiro atoms. The van der Waals surface area contributed by atoms with Gasteiger partial charge in [-0.25, -0.2) is 0 Å². The highest BCUT2D eigenvalue weighted by Crippen LogP contribution is 2.19. The van der Waals surface area contributed by atoms with Crippen molar-refractivity contribution >= 4 is 17.9 Å². The van der Waals surface area contributed by atoms with Crippen LogP contribution in [-0.2, 0) is 28.6 Å². The van der Waals surface area contributed by atoms with Crippen molar-refractivity contribution < 1.29 is 28.6 Å². The van der Waals surface area contributed by atoms with Crippen molar-refractivity contribution in [1.82, 2.24) is 0 Å². The number of allylic oxidation sites excluding steroid dienone is 2. The second-order valence-electron chi connectivity index (χ2n) is 23.5. The molecule has 75 heavy (non-hydrogen) atoms. The number of rotatable bonds is 64. The quantitative estimate of drug-likeness (QED) is 0.0261. The van der Waals surface area contributed by atoms with Gasteiger partial charge in [-0.05, 0) is 44.9 Å². The van der Waals surface area contributed by atoms with Crippen LogP contribution in [0.25, 0.3) is 0 Å². The average molecular weight is 1060 g/mol. The summed E-state index contributed by atoms with van der Waals surface area (Å²) in [7, 11) is 0. The van der Waals surface area contributed by atoms with Gasteiger partial charge in [-0.2, -0.15) is 0 Å². The Kier molecular flexibility index (Phi) is 63.1. The van der Waals surface area contributed by atoms with Crippen LogP contribution < -0.4 is 0 Å². The van der Waals surface area contributed by atoms with Gasteiger partial charge in [-0.3, -0.25) is 14.4 Å². The Balaban J connectivity index is 4.19. The monoisotopic (exact) mass is 1060 g/mol. The number of carbonyl (C=O) groups excluding carboxylic acids is 3. The highest BCUT2D eigenvalue weighted by Gasteiger charge is 2.19. The van der Waals surface area contributed by atoms with E-state index in [-0.39, 0.29) is 31.1 Å². The van der Waals surface area contributed by atoms with Gasteiger partial charge in [-0.15, -0.1) is 0 Å². The highest BCUT2D eigenvalue weighted by molar-refractivity contribution is 5.71. The summed E-state index contributed by atoms with van der Waals surface area (Å²) in [4.78, 5) is 38.3. The van der Waals surface area contributed by atoms with Crippen LogP contribution >= 0.6 is 0 Å². The Morgan fingerprint density at radius 2 is 0.440 bits per heavy atom. The van der Waals surface area contributed by atoms with Crippen molar-refractivity contribution in [2.24, 2.45) is 0 Å². The molecule has 0 saturated carbocycles. The number of hydrogen-bond donors (Lipinski definition) is 0. The van der Waals surface area contributed by atoms with E-state index in [1.54, 1.807) is 0 Å². The van der Waals surface area contributed by atoms with Gasteiger partial charge in [-0.1, -0.05) is 341 Å². The van der Waals surface area contributed by atoms with E-state index in [9.17, 15) is 14.4 Å². The molecule has 6 heteroatoms. The minimum Gasteiger partial charge on any atom is -0.462 e. The molecule has 0 saturated heterocycles. The fourth-order valence-electron chi connectivity index (χ4n) is 10.6. The third kappa shape index (κ3) is 62.9. The lowest BCUT2D eigenvalue weighted by molar-refractivity contribution is -0.167. The molecule has 0 aliphatic rings. The lowest BCUT2D eigenvalue weighted by Gasteiger charge is -2.18. The van der Waals surface area contributed by atoms with Gasteiger partial charge in [0.1, 0.15) is 13.2 Å². The standard InChI is InChI=1S/C69H132O6/c1-4-7-10-13-16-19-22-25-27-29-31-32-33-34-35-36-37-38-40-41-44-47-50-53-56-59-62-68(71)74-65-66(64-73-67(70)61-58-55-52-49-46-43-24-21-18-15-12-9-6-3)75-69(72)63-60-57-54-51-48-45-42-39-30-28-26-23-20-17-14-11-8-5-2/h28,30,66H,4-27,29,31-65H2,1-3H3/b30-28-. The van der Waals surface area contributed by atoms with Crippen LogP contribution in [0.3, 0.4) is 0 Å². The summed E-state index contributed by atoms with van der Waals surface area (Å²) in [6.07, 6.45) is 76.7. The summed E-state index contributed by atoms with van der Waals surface area (Å²) in [6.45, 7) is 6.72. The summed E-state index contributed by atoms with van der Waals surface area (Å²) in [5.41, 5.74) is 0. The van der Waals surface area contributed by atoms with Gasteiger partial charge in [0.2, 0.25) is 0 Å². The Morgan fingerprint density at radius 3 is 0.667 bits per heavy atom. The predicted molar refractivity (Wildman–Crippen MR) is 326 cm³/mol. The van der Waals surface area contributed by atoms with Crippen molar-refractivity contribution in [3.63, 3.8) is 0 Å². The second-order valence-corrected chi connectivity index (χ2v) is 23.5. The molecule has 0 aromatic rings. The van der Waals surface area contributed by atoms with Gasteiger partial charge in [0, 0.05) is 19.3 Å². The molecule has 444 valence electrons. The molecule has 0 aliphatic heterocycles. The maximum atomic E-state index is 12.9. The molecule has 0 rings (SSSR count). The first-order valence-electron chi connectivity index (χ1n) is 34.2. The van der Waals surface area contributed by atoms with Crippen molar-refractivity contribution in [1.29, 1.82) is 0 Å². The Bertz CT molecular complexity index is 1170. The van der Waals surface area contributed by atoms with E-state index in [1.165, 1.54) is 295 Å². The van der Waals surface area contributed by atoms with E-state index in [0.717, 1.165) is 57.8 Å². The third-order valence-electron chi connectivity index (χ3n) is 15.8. The molecule has 0 amide bonds. The minimum absolute atomic E-state index is 0.0651. The predicted octanol–water partition coefficient (Wildman–Crippen LogP) is 23.2. The smallest absolute Gasteiger partial charge is 0.306 e. The lowest BCUT2D eigenvalue weighted by Crippen LogP contribution is -2.30. The second kappa shape index (κ2) is 64.7. The van der Waals surface area contributed by atoms with Crippen LogP contribution in [0.5, 0.6) is 0 Å². The molecule has 0 fully saturated rings. The summed E-state index contributed by atoms with van der Waals surface area (Å²) >= 11 is 0. The number of ether oxygens (including phenoxy) is 3. The zero-order chi connectivity index (χ0) is 54.3. The van der Waals surface area contributed by atoms with Gasteiger partial charge < -0.3 is 14.2 Å². The zero-order valence-corrected chi connectivity index (χ0v) is 51.1. The first-order chi connectivity index (χ1) is 37.0. The largest absolute Gasteiger partial charge is 0.462 e. The number of esters is 3. The normalized spacial score (nSPS) is 12.0. The molecule has 0 N–H and O–H groups in total. The van der Waals surface area contributed by atoms with Crippen molar-refractivity contribution in [3.05, 3.63) is 12.2 Å². The molecule has 0 aromatic heterocycles. The minimum atomic E-state index is -0.768. The van der Waals surface area contributed by atoms with E-state index >= 15 is 0 Å². The third-order valence-corrected chi connectivity index (χ3v) is 15.8. The number of unbranched alkanes of at least 4 members (excludes halogenated alkanes) is 51. The van der Waals surface area contributed by atoms with Crippen molar-refractivity contribution in [2.45, 2.75) is 399 Å². The lowest BCUT2D eigenvalue weighted by atomic mass is 10.0. The Morgan fingerprint density at radius 1 is 0.253 bits per heavy atom. The molecule has 0 aromatic carbocycles. The van der Waals surface area contributed by atoms with Crippen LogP contribution in [0.1, 0.15) is 393 Å². The maximum Gasteiger partial charge on any atom is 0.306 e. The Hall–Kier alpha value is -1.85. The average Bonchev–Trinajstić information content (AvgIpc) is 3.41. The summed E-state index contributed by atoms with van der Waals surface area (Å²) in [6, 6.07) is 0. The van der Waals surface area contributed by atoms with Crippen LogP contribution in [0.2, 0.25) is 0 Å². The van der Waals surface area contributed by atoms with Crippen molar-refractivity contribution in [2.75, 3.05) is 13.2 Å². The van der Waals surface area contributed by atoms with Gasteiger partial charge >= 0.3 is 17.9 Å². The summed E-state index contributed by atoms with van der Waals surface area (Å²) < 4.78 is 17.0. The fraction of sp³-hybridized carbons (Fsp3) is 0.928. The van der Waals surface area contributed by atoms with E-state index in [0.29, 0.717) is 19.3 Å². The SMILES string of the molecule is CCCCCCCCC/C=C\CCCCCCCCCC(=O)OC(COC(=O)CCCCCCCCCCCCCCC)COC(=O)CCCCCCCCCCCCCCCCCCCCCCCCCCCC. The first kappa shape index (κ1) is 73.2. The summed E-state index contributed by atoms with van der Waals surface area (Å²) in [5.74, 6) is -0.837. The van der Waals surface area contributed by atoms with Crippen LogP contribution in [-0.4, -0.2) is 37.2 Å². The zero-order valence-electron chi connectivity index (χ0n) is 51.1. The van der Waals surface area contributed by atoms with Gasteiger partial charge in [0.05, 0.1) is 0 Å². The van der Waals surface area contributed by atoms with Crippen LogP contribution in [0.4, 0.5) is 0 Å². The topological polar surface area (TPSA) is 78.9 Å². The van der Waals surface area contributed by atoms with E-state index in [2.05, 4.69) is 32.9 Å². The Labute approximate surface area is 469 Å². The summed E-state index contributed by atoms with van der Waals surface area (Å²) in [5, 5.41) is 0. The van der Waals surface area contributed by atoms with Crippen LogP contribution in [0, 0.1) is 0 Å². The fourth-order valence-corrected chi connectivity index (χ4v) is 10.6. The molecular formula is C69H132O6. The first-order valence-corrected chi connectivity index (χ1v) is 34.2. The molecule has 1 unspecified atom stereocenters. The molecule has 0 radical (unpaired) electrons. The molecule has 1 atom stereocenters. The van der Waals surface area contributed by atoms with Crippen molar-refractivity contribution in [3.8, 4) is 0 Å². The molecule has 0 aliphatic carbocycles. The molecule has 6 nitrogen and oxygen atoms in total. The van der Waals surface area contributed by atoms with E-state index in [1.807, 2.05) is 0 Å². The molecular weight excluding hydrogens is 925 g/mol. The van der Waals surface area contributed by atoms with E-state index in [4.69, 9.17) is 14.2 Å². The number of hydrogen-bond acceptors (Lipinski definition) is 6. The molecule has 0 heterocycles.